The molecular weight excluding hydrogens is 314 g/mol. The van der Waals surface area contributed by atoms with Crippen LogP contribution < -0.4 is 4.90 Å². The first-order valence-electron chi connectivity index (χ1n) is 8.58. The predicted molar refractivity (Wildman–Crippen MR) is 98.1 cm³/mol. The minimum Gasteiger partial charge on any atom is -0.293 e. The van der Waals surface area contributed by atoms with Crippen molar-refractivity contribution < 1.29 is 9.59 Å². The lowest BCUT2D eigenvalue weighted by Gasteiger charge is -2.30. The summed E-state index contributed by atoms with van der Waals surface area (Å²) in [6, 6.07) is 12.6. The first-order valence-corrected chi connectivity index (χ1v) is 8.58. The SMILES string of the molecule is CCC(CC)N=CC1C(=O)N(c2ccccn2)C(=O)c2ccccc21. The average Bonchev–Trinajstić information content (AvgIpc) is 2.66. The van der Waals surface area contributed by atoms with Gasteiger partial charge in [-0.2, -0.15) is 0 Å². The van der Waals surface area contributed by atoms with E-state index in [4.69, 9.17) is 0 Å². The van der Waals surface area contributed by atoms with Crippen LogP contribution in [0.25, 0.3) is 0 Å². The summed E-state index contributed by atoms with van der Waals surface area (Å²) in [6.45, 7) is 4.15. The van der Waals surface area contributed by atoms with Crippen LogP contribution >= 0.6 is 0 Å². The van der Waals surface area contributed by atoms with Crippen LogP contribution in [0.1, 0.15) is 48.5 Å². The maximum atomic E-state index is 13.1. The third-order valence-corrected chi connectivity index (χ3v) is 4.48. The molecular formula is C20H21N3O2. The number of fused-ring (bicyclic) bond motifs is 1. The molecule has 0 bridgehead atoms. The van der Waals surface area contributed by atoms with E-state index >= 15 is 0 Å². The van der Waals surface area contributed by atoms with E-state index in [0.29, 0.717) is 16.9 Å². The van der Waals surface area contributed by atoms with Gasteiger partial charge in [-0.15, -0.1) is 0 Å². The van der Waals surface area contributed by atoms with Crippen molar-refractivity contribution in [1.82, 2.24) is 4.98 Å². The van der Waals surface area contributed by atoms with Gasteiger partial charge in [0.1, 0.15) is 5.82 Å². The van der Waals surface area contributed by atoms with Gasteiger partial charge in [-0.1, -0.05) is 38.1 Å². The molecule has 0 radical (unpaired) electrons. The molecule has 2 amide bonds. The van der Waals surface area contributed by atoms with Crippen LogP contribution in [0, 0.1) is 0 Å². The molecule has 0 N–H and O–H groups in total. The maximum absolute atomic E-state index is 13.1. The highest BCUT2D eigenvalue weighted by Gasteiger charge is 2.39. The van der Waals surface area contributed by atoms with Crippen LogP contribution in [0.15, 0.2) is 53.7 Å². The zero-order valence-electron chi connectivity index (χ0n) is 14.4. The molecule has 128 valence electrons. The number of aliphatic imine (C=N–C) groups is 1. The summed E-state index contributed by atoms with van der Waals surface area (Å²) in [5.41, 5.74) is 1.23. The van der Waals surface area contributed by atoms with Gasteiger partial charge in [0.2, 0.25) is 5.91 Å². The van der Waals surface area contributed by atoms with Crippen LogP contribution in [0.3, 0.4) is 0 Å². The van der Waals surface area contributed by atoms with E-state index < -0.39 is 5.92 Å². The number of imide groups is 1. The van der Waals surface area contributed by atoms with Crippen LogP contribution in [0.5, 0.6) is 0 Å². The molecule has 1 aliphatic rings. The van der Waals surface area contributed by atoms with E-state index in [9.17, 15) is 9.59 Å². The largest absolute Gasteiger partial charge is 0.293 e. The highest BCUT2D eigenvalue weighted by Crippen LogP contribution is 2.31. The molecule has 0 spiro atoms. The smallest absolute Gasteiger partial charge is 0.266 e. The lowest BCUT2D eigenvalue weighted by atomic mass is 9.89. The third kappa shape index (κ3) is 3.22. The van der Waals surface area contributed by atoms with E-state index in [1.807, 2.05) is 12.1 Å². The van der Waals surface area contributed by atoms with E-state index in [1.54, 1.807) is 42.7 Å². The molecule has 1 aromatic carbocycles. The fourth-order valence-electron chi connectivity index (χ4n) is 3.01. The number of hydrogen-bond acceptors (Lipinski definition) is 4. The van der Waals surface area contributed by atoms with E-state index in [2.05, 4.69) is 23.8 Å². The van der Waals surface area contributed by atoms with Crippen molar-refractivity contribution in [2.45, 2.75) is 38.6 Å². The predicted octanol–water partition coefficient (Wildman–Crippen LogP) is 3.61. The molecule has 1 aromatic heterocycles. The number of pyridine rings is 1. The van der Waals surface area contributed by atoms with Gasteiger partial charge in [-0.3, -0.25) is 14.6 Å². The molecule has 1 unspecified atom stereocenters. The number of rotatable bonds is 5. The number of carbonyl (C=O) groups is 2. The lowest BCUT2D eigenvalue weighted by Crippen LogP contribution is -2.46. The highest BCUT2D eigenvalue weighted by molar-refractivity contribution is 6.28. The lowest BCUT2D eigenvalue weighted by molar-refractivity contribution is -0.118. The quantitative estimate of drug-likeness (QED) is 0.619. The third-order valence-electron chi connectivity index (χ3n) is 4.48. The minimum atomic E-state index is -0.573. The molecule has 2 aromatic rings. The fourth-order valence-corrected chi connectivity index (χ4v) is 3.01. The number of amides is 2. The summed E-state index contributed by atoms with van der Waals surface area (Å²) in [5.74, 6) is -0.881. The number of anilines is 1. The summed E-state index contributed by atoms with van der Waals surface area (Å²) in [6.07, 6.45) is 5.10. The standard InChI is InChI=1S/C20H21N3O2/c1-3-14(4-2)22-13-17-15-9-5-6-10-16(15)19(24)23(20(17)25)18-11-7-8-12-21-18/h5-14,17H,3-4H2,1-2H3. The molecule has 25 heavy (non-hydrogen) atoms. The van der Waals surface area contributed by atoms with Crippen molar-refractivity contribution in [2.75, 3.05) is 4.90 Å². The van der Waals surface area contributed by atoms with Gasteiger partial charge >= 0.3 is 0 Å². The molecule has 3 rings (SSSR count). The Bertz CT molecular complexity index is 798. The Hall–Kier alpha value is -2.82. The maximum Gasteiger partial charge on any atom is 0.266 e. The van der Waals surface area contributed by atoms with Crippen molar-refractivity contribution in [1.29, 1.82) is 0 Å². The van der Waals surface area contributed by atoms with Gasteiger partial charge in [0.05, 0.1) is 5.92 Å². The van der Waals surface area contributed by atoms with Crippen LogP contribution in [0.2, 0.25) is 0 Å². The Balaban J connectivity index is 2.06. The van der Waals surface area contributed by atoms with Crippen molar-refractivity contribution in [3.63, 3.8) is 0 Å². The second-order valence-corrected chi connectivity index (χ2v) is 6.00. The summed E-state index contributed by atoms with van der Waals surface area (Å²) in [7, 11) is 0. The minimum absolute atomic E-state index is 0.181. The van der Waals surface area contributed by atoms with Crippen molar-refractivity contribution >= 4 is 23.8 Å². The number of benzene rings is 1. The monoisotopic (exact) mass is 335 g/mol. The molecule has 2 heterocycles. The molecule has 5 heteroatoms. The molecule has 1 atom stereocenters. The summed E-state index contributed by atoms with van der Waals surface area (Å²) in [4.78, 5) is 35.8. The second kappa shape index (κ2) is 7.38. The van der Waals surface area contributed by atoms with Crippen LogP contribution in [-0.2, 0) is 4.79 Å². The summed E-state index contributed by atoms with van der Waals surface area (Å²) >= 11 is 0. The van der Waals surface area contributed by atoms with Gasteiger partial charge in [0, 0.05) is 24.0 Å². The Morgan fingerprint density at radius 1 is 1.12 bits per heavy atom. The van der Waals surface area contributed by atoms with E-state index in [0.717, 1.165) is 17.7 Å². The molecule has 0 saturated carbocycles. The normalized spacial score (nSPS) is 17.4. The Kier molecular flexibility index (Phi) is 5.03. The first-order chi connectivity index (χ1) is 12.2. The zero-order chi connectivity index (χ0) is 17.8. The van der Waals surface area contributed by atoms with Crippen LogP contribution in [0.4, 0.5) is 5.82 Å². The Morgan fingerprint density at radius 2 is 1.84 bits per heavy atom. The zero-order valence-corrected chi connectivity index (χ0v) is 14.4. The summed E-state index contributed by atoms with van der Waals surface area (Å²) < 4.78 is 0. The number of carbonyl (C=O) groups excluding carboxylic acids is 2. The van der Waals surface area contributed by atoms with Crippen molar-refractivity contribution in [3.05, 3.63) is 59.8 Å². The van der Waals surface area contributed by atoms with Gasteiger partial charge in [0.15, 0.2) is 0 Å². The average molecular weight is 335 g/mol. The fraction of sp³-hybridized carbons (Fsp3) is 0.300. The number of nitrogens with zero attached hydrogens (tertiary/aromatic N) is 3. The molecule has 1 aliphatic heterocycles. The topological polar surface area (TPSA) is 62.6 Å². The molecule has 5 nitrogen and oxygen atoms in total. The van der Waals surface area contributed by atoms with Crippen molar-refractivity contribution in [3.8, 4) is 0 Å². The number of aromatic nitrogens is 1. The van der Waals surface area contributed by atoms with Crippen molar-refractivity contribution in [2.24, 2.45) is 4.99 Å². The van der Waals surface area contributed by atoms with Gasteiger partial charge in [0.25, 0.3) is 5.91 Å². The van der Waals surface area contributed by atoms with Gasteiger partial charge in [-0.25, -0.2) is 9.88 Å². The molecule has 0 aliphatic carbocycles. The van der Waals surface area contributed by atoms with E-state index in [1.165, 1.54) is 0 Å². The summed E-state index contributed by atoms with van der Waals surface area (Å²) in [5, 5.41) is 0. The molecule has 0 saturated heterocycles. The van der Waals surface area contributed by atoms with Crippen LogP contribution in [-0.4, -0.2) is 29.1 Å². The first kappa shape index (κ1) is 17.0. The number of hydrogen-bond donors (Lipinski definition) is 0. The Morgan fingerprint density at radius 3 is 2.52 bits per heavy atom. The second-order valence-electron chi connectivity index (χ2n) is 6.00. The highest BCUT2D eigenvalue weighted by atomic mass is 16.2. The van der Waals surface area contributed by atoms with Gasteiger partial charge < -0.3 is 0 Å². The Labute approximate surface area is 147 Å². The van der Waals surface area contributed by atoms with E-state index in [-0.39, 0.29) is 17.9 Å². The molecule has 0 fully saturated rings. The van der Waals surface area contributed by atoms with Gasteiger partial charge in [-0.05, 0) is 36.6 Å².